The van der Waals surface area contributed by atoms with Crippen LogP contribution in [0.1, 0.15) is 43.2 Å². The number of piperidine rings is 1. The first-order valence-electron chi connectivity index (χ1n) is 10.2. The summed E-state index contributed by atoms with van der Waals surface area (Å²) in [6.45, 7) is 4.16. The Bertz CT molecular complexity index is 694. The summed E-state index contributed by atoms with van der Waals surface area (Å²) in [5.41, 5.74) is -0.719. The van der Waals surface area contributed by atoms with E-state index >= 15 is 0 Å². The van der Waals surface area contributed by atoms with Crippen molar-refractivity contribution in [3.05, 3.63) is 35.4 Å². The van der Waals surface area contributed by atoms with Crippen LogP contribution in [0.25, 0.3) is 0 Å². The second-order valence-electron chi connectivity index (χ2n) is 9.35. The molecular formula is C22H32F2NO3+. The van der Waals surface area contributed by atoms with E-state index in [0.29, 0.717) is 5.56 Å². The van der Waals surface area contributed by atoms with Gasteiger partial charge in [-0.15, -0.1) is 0 Å². The van der Waals surface area contributed by atoms with Gasteiger partial charge in [0.25, 0.3) is 0 Å². The lowest BCUT2D eigenvalue weighted by Crippen LogP contribution is -2.48. The third kappa shape index (κ3) is 4.54. The molecule has 2 fully saturated rings. The van der Waals surface area contributed by atoms with Gasteiger partial charge in [-0.2, -0.15) is 0 Å². The summed E-state index contributed by atoms with van der Waals surface area (Å²) >= 11 is 0. The number of likely N-dealkylation sites (tertiary alicyclic amines) is 1. The minimum atomic E-state index is -2.85. The largest absolute Gasteiger partial charge is 0.463 e. The van der Waals surface area contributed by atoms with Crippen molar-refractivity contribution in [3.63, 3.8) is 0 Å². The summed E-state index contributed by atoms with van der Waals surface area (Å²) in [5.74, 6) is -4.24. The lowest BCUT2D eigenvalue weighted by atomic mass is 9.79. The highest BCUT2D eigenvalue weighted by molar-refractivity contribution is 5.81. The van der Waals surface area contributed by atoms with Gasteiger partial charge in [-0.1, -0.05) is 29.8 Å². The van der Waals surface area contributed by atoms with E-state index in [1.807, 2.05) is 6.92 Å². The molecule has 3 rings (SSSR count). The minimum absolute atomic E-state index is 0.0988. The van der Waals surface area contributed by atoms with Crippen molar-refractivity contribution in [2.24, 2.45) is 11.8 Å². The highest BCUT2D eigenvalue weighted by Crippen LogP contribution is 2.48. The number of hydrogen-bond acceptors (Lipinski definition) is 3. The molecule has 0 spiro atoms. The number of hydrogen-bond donors (Lipinski definition) is 1. The van der Waals surface area contributed by atoms with Crippen molar-refractivity contribution in [3.8, 4) is 0 Å². The number of alkyl halides is 2. The standard InChI is InChI=1S/C22H32F2NO3/c1-16-4-6-18(7-5-16)22(27,19-8-11-21(23,24)14-19)20(26)28-15-17-9-12-25(2,3)13-10-17/h4-7,17,19,27H,8-15H2,1-3H3/q+1/t19-,22+/m1/s1. The van der Waals surface area contributed by atoms with Crippen molar-refractivity contribution in [2.45, 2.75) is 50.6 Å². The molecule has 0 bridgehead atoms. The Morgan fingerprint density at radius 1 is 1.21 bits per heavy atom. The number of quaternary nitrogens is 1. The molecule has 4 nitrogen and oxygen atoms in total. The average Bonchev–Trinajstić information content (AvgIpc) is 3.00. The van der Waals surface area contributed by atoms with Gasteiger partial charge in [0.05, 0.1) is 33.8 Å². The molecule has 2 aliphatic rings. The molecule has 1 saturated carbocycles. The fourth-order valence-corrected chi connectivity index (χ4v) is 4.42. The predicted octanol–water partition coefficient (Wildman–Crippen LogP) is 3.65. The van der Waals surface area contributed by atoms with Gasteiger partial charge in [0.1, 0.15) is 0 Å². The smallest absolute Gasteiger partial charge is 0.343 e. The summed E-state index contributed by atoms with van der Waals surface area (Å²) in [5, 5.41) is 11.4. The zero-order valence-electron chi connectivity index (χ0n) is 17.1. The van der Waals surface area contributed by atoms with Gasteiger partial charge in [0.15, 0.2) is 5.60 Å². The molecule has 1 aliphatic heterocycles. The number of benzene rings is 1. The van der Waals surface area contributed by atoms with E-state index in [-0.39, 0.29) is 25.4 Å². The first-order chi connectivity index (χ1) is 13.0. The van der Waals surface area contributed by atoms with Gasteiger partial charge in [0.2, 0.25) is 5.92 Å². The SMILES string of the molecule is Cc1ccc([C@@](O)(C(=O)OCC2CC[N+](C)(C)CC2)[C@@H]2CCC(F)(F)C2)cc1. The van der Waals surface area contributed by atoms with E-state index in [2.05, 4.69) is 14.1 Å². The van der Waals surface area contributed by atoms with E-state index in [4.69, 9.17) is 4.74 Å². The number of rotatable bonds is 5. The van der Waals surface area contributed by atoms with E-state index in [1.54, 1.807) is 24.3 Å². The van der Waals surface area contributed by atoms with Crippen LogP contribution < -0.4 is 0 Å². The Balaban J connectivity index is 1.75. The fraction of sp³-hybridized carbons (Fsp3) is 0.682. The normalized spacial score (nSPS) is 26.6. The van der Waals surface area contributed by atoms with Crippen molar-refractivity contribution >= 4 is 5.97 Å². The summed E-state index contributed by atoms with van der Waals surface area (Å²) in [6.07, 6.45) is 1.19. The lowest BCUT2D eigenvalue weighted by Gasteiger charge is -2.37. The number of esters is 1. The first kappa shape index (κ1) is 21.2. The van der Waals surface area contributed by atoms with Crippen molar-refractivity contribution in [1.29, 1.82) is 0 Å². The minimum Gasteiger partial charge on any atom is -0.463 e. The van der Waals surface area contributed by atoms with Crippen LogP contribution in [0, 0.1) is 18.8 Å². The molecule has 0 radical (unpaired) electrons. The fourth-order valence-electron chi connectivity index (χ4n) is 4.42. The zero-order chi connectivity index (χ0) is 20.6. The molecule has 0 amide bonds. The molecular weight excluding hydrogens is 364 g/mol. The molecule has 1 aliphatic carbocycles. The highest BCUT2D eigenvalue weighted by Gasteiger charge is 2.54. The van der Waals surface area contributed by atoms with E-state index in [1.165, 1.54) is 0 Å². The topological polar surface area (TPSA) is 46.5 Å². The van der Waals surface area contributed by atoms with Crippen molar-refractivity contribution < 1.29 is 27.9 Å². The second-order valence-corrected chi connectivity index (χ2v) is 9.35. The third-order valence-electron chi connectivity index (χ3n) is 6.53. The molecule has 1 aromatic rings. The van der Waals surface area contributed by atoms with Crippen LogP contribution in [0.4, 0.5) is 8.78 Å². The van der Waals surface area contributed by atoms with Gasteiger partial charge in [-0.05, 0) is 18.9 Å². The summed E-state index contributed by atoms with van der Waals surface area (Å²) in [6, 6.07) is 6.85. The van der Waals surface area contributed by atoms with Gasteiger partial charge < -0.3 is 14.3 Å². The van der Waals surface area contributed by atoms with E-state index in [9.17, 15) is 18.7 Å². The Morgan fingerprint density at radius 2 is 1.82 bits per heavy atom. The Morgan fingerprint density at radius 3 is 2.36 bits per heavy atom. The highest BCUT2D eigenvalue weighted by atomic mass is 19.3. The second kappa shape index (κ2) is 7.71. The van der Waals surface area contributed by atoms with Crippen LogP contribution in [0.15, 0.2) is 24.3 Å². The monoisotopic (exact) mass is 396 g/mol. The predicted molar refractivity (Wildman–Crippen MR) is 103 cm³/mol. The number of ether oxygens (including phenoxy) is 1. The summed E-state index contributed by atoms with van der Waals surface area (Å²) < 4.78 is 34.2. The van der Waals surface area contributed by atoms with Gasteiger partial charge >= 0.3 is 5.97 Å². The number of carbonyl (C=O) groups is 1. The molecule has 1 N–H and O–H groups in total. The number of halogens is 2. The third-order valence-corrected chi connectivity index (χ3v) is 6.53. The van der Waals surface area contributed by atoms with Gasteiger partial charge in [0, 0.05) is 37.5 Å². The van der Waals surface area contributed by atoms with Crippen LogP contribution in [-0.2, 0) is 15.1 Å². The quantitative estimate of drug-likeness (QED) is 0.611. The molecule has 156 valence electrons. The van der Waals surface area contributed by atoms with Gasteiger partial charge in [-0.3, -0.25) is 0 Å². The average molecular weight is 396 g/mol. The molecule has 0 unspecified atom stereocenters. The first-order valence-corrected chi connectivity index (χ1v) is 10.2. The maximum absolute atomic E-state index is 13.9. The molecule has 1 heterocycles. The molecule has 28 heavy (non-hydrogen) atoms. The Hall–Kier alpha value is -1.53. The van der Waals surface area contributed by atoms with Crippen LogP contribution in [-0.4, -0.2) is 55.3 Å². The maximum Gasteiger partial charge on any atom is 0.343 e. The summed E-state index contributed by atoms with van der Waals surface area (Å²) in [7, 11) is 4.36. The molecule has 2 atom stereocenters. The molecule has 0 aromatic heterocycles. The van der Waals surface area contributed by atoms with Crippen LogP contribution in [0.2, 0.25) is 0 Å². The lowest BCUT2D eigenvalue weighted by molar-refractivity contribution is -0.896. The number of aliphatic hydroxyl groups is 1. The Labute approximate surface area is 166 Å². The maximum atomic E-state index is 13.9. The number of carbonyl (C=O) groups excluding carboxylic acids is 1. The van der Waals surface area contributed by atoms with Crippen LogP contribution >= 0.6 is 0 Å². The van der Waals surface area contributed by atoms with Crippen LogP contribution in [0.5, 0.6) is 0 Å². The summed E-state index contributed by atoms with van der Waals surface area (Å²) in [4.78, 5) is 13.0. The van der Waals surface area contributed by atoms with Gasteiger partial charge in [-0.25, -0.2) is 13.6 Å². The van der Waals surface area contributed by atoms with E-state index in [0.717, 1.165) is 36.0 Å². The zero-order valence-corrected chi connectivity index (χ0v) is 17.1. The molecule has 1 saturated heterocycles. The number of aryl methyl sites for hydroxylation is 1. The van der Waals surface area contributed by atoms with Crippen molar-refractivity contribution in [1.82, 2.24) is 0 Å². The Kier molecular flexibility index (Phi) is 5.84. The van der Waals surface area contributed by atoms with Crippen molar-refractivity contribution in [2.75, 3.05) is 33.8 Å². The molecule has 6 heteroatoms. The van der Waals surface area contributed by atoms with E-state index < -0.39 is 29.8 Å². The number of nitrogens with zero attached hydrogens (tertiary/aromatic N) is 1. The molecule has 1 aromatic carbocycles. The van der Waals surface area contributed by atoms with Crippen LogP contribution in [0.3, 0.4) is 0 Å².